The molecule has 4 fully saturated rings. The molecule has 4 bridgehead atoms. The minimum Gasteiger partial charge on any atom is -0.387 e. The molecular weight excluding hydrogens is 634 g/mol. The van der Waals surface area contributed by atoms with Crippen LogP contribution in [0.15, 0.2) is 17.6 Å². The highest BCUT2D eigenvalue weighted by atomic mass is 31.2. The van der Waals surface area contributed by atoms with Crippen LogP contribution in [-0.2, 0) is 41.5 Å². The zero-order valence-electron chi connectivity index (χ0n) is 22.4. The Morgan fingerprint density at radius 2 is 1.80 bits per heavy atom. The van der Waals surface area contributed by atoms with Gasteiger partial charge in [0.1, 0.15) is 48.7 Å². The molecule has 240 valence electrons. The van der Waals surface area contributed by atoms with Gasteiger partial charge in [0, 0.05) is 6.42 Å². The molecule has 0 saturated carbocycles. The molecule has 5 unspecified atom stereocenters. The van der Waals surface area contributed by atoms with Crippen molar-refractivity contribution >= 4 is 44.9 Å². The van der Waals surface area contributed by atoms with E-state index in [1.54, 1.807) is 0 Å². The smallest absolute Gasteiger partial charge is 0.387 e. The molecule has 12 atom stereocenters. The molecule has 7 rings (SSSR count). The van der Waals surface area contributed by atoms with Crippen LogP contribution in [0, 0.1) is 0 Å². The predicted octanol–water partition coefficient (Wildman–Crippen LogP) is -3.20. The first-order valence-corrected chi connectivity index (χ1v) is 16.2. The summed E-state index contributed by atoms with van der Waals surface area (Å²) in [6.45, 7) is -1.25. The lowest BCUT2D eigenvalue weighted by molar-refractivity contribution is -0.130. The number of imidazole rings is 1. The zero-order valence-corrected chi connectivity index (χ0v) is 24.2. The lowest BCUT2D eigenvalue weighted by atomic mass is 10.1. The van der Waals surface area contributed by atoms with E-state index < -0.39 is 96.2 Å². The van der Waals surface area contributed by atoms with Crippen molar-refractivity contribution in [3.05, 3.63) is 12.7 Å². The molecule has 4 saturated heterocycles. The molecule has 5 aliphatic rings. The topological polar surface area (TPSA) is 303 Å². The van der Waals surface area contributed by atoms with Crippen LogP contribution in [0.1, 0.15) is 12.6 Å². The fraction of sp³-hybridized carbons (Fsp3) is 0.650. The first kappa shape index (κ1) is 30.0. The third kappa shape index (κ3) is 5.41. The number of phosphoric acid groups is 2. The molecule has 7 heterocycles. The maximum Gasteiger partial charge on any atom is 0.472 e. The van der Waals surface area contributed by atoms with Crippen LogP contribution in [0.2, 0.25) is 0 Å². The number of carbonyl (C=O) groups is 1. The van der Waals surface area contributed by atoms with Crippen molar-refractivity contribution in [2.24, 2.45) is 10.7 Å². The number of aliphatic imine (C=N–C) groups is 1. The average Bonchev–Trinajstić information content (AvgIpc) is 3.72. The number of ether oxygens (including phenoxy) is 2. The Balaban J connectivity index is 1.16. The van der Waals surface area contributed by atoms with Crippen LogP contribution < -0.4 is 22.1 Å². The Labute approximate surface area is 246 Å². The molecule has 0 aliphatic carbocycles. The van der Waals surface area contributed by atoms with Crippen LogP contribution >= 0.6 is 15.6 Å². The molecule has 1 amide bonds. The van der Waals surface area contributed by atoms with Gasteiger partial charge < -0.3 is 40.3 Å². The van der Waals surface area contributed by atoms with E-state index in [0.29, 0.717) is 0 Å². The summed E-state index contributed by atoms with van der Waals surface area (Å²) in [5.41, 5.74) is 12.2. The van der Waals surface area contributed by atoms with Gasteiger partial charge in [0.15, 0.2) is 30.0 Å². The lowest BCUT2D eigenvalue weighted by Crippen LogP contribution is -2.70. The number of aliphatic hydroxyl groups is 1. The van der Waals surface area contributed by atoms with Gasteiger partial charge in [-0.25, -0.2) is 24.1 Å². The average molecular weight is 662 g/mol. The minimum atomic E-state index is -4.93. The monoisotopic (exact) mass is 662 g/mol. The van der Waals surface area contributed by atoms with E-state index in [2.05, 4.69) is 30.6 Å². The van der Waals surface area contributed by atoms with E-state index in [0.717, 1.165) is 0 Å². The van der Waals surface area contributed by atoms with Crippen LogP contribution in [0.5, 0.6) is 0 Å². The number of nitrogens with one attached hydrogen (secondary N) is 2. The maximum atomic E-state index is 13.1. The molecule has 2 aromatic rings. The number of hydrogen-bond donors (Lipinski definition) is 7. The van der Waals surface area contributed by atoms with E-state index in [-0.39, 0.29) is 23.4 Å². The number of aromatic nitrogens is 4. The molecule has 44 heavy (non-hydrogen) atoms. The molecule has 22 nitrogen and oxygen atoms in total. The molecule has 24 heteroatoms. The van der Waals surface area contributed by atoms with Crippen molar-refractivity contribution < 1.29 is 56.4 Å². The van der Waals surface area contributed by atoms with Crippen molar-refractivity contribution in [2.75, 3.05) is 18.9 Å². The van der Waals surface area contributed by atoms with Crippen LogP contribution in [0.3, 0.4) is 0 Å². The summed E-state index contributed by atoms with van der Waals surface area (Å²) >= 11 is 0. The van der Waals surface area contributed by atoms with Gasteiger partial charge in [0.25, 0.3) is 5.91 Å². The van der Waals surface area contributed by atoms with Gasteiger partial charge in [0.2, 0.25) is 0 Å². The van der Waals surface area contributed by atoms with E-state index in [1.165, 1.54) is 28.5 Å². The summed E-state index contributed by atoms with van der Waals surface area (Å²) < 4.78 is 60.9. The first-order chi connectivity index (χ1) is 20.9. The highest BCUT2D eigenvalue weighted by Crippen LogP contribution is 2.53. The van der Waals surface area contributed by atoms with E-state index in [4.69, 9.17) is 39.0 Å². The summed E-state index contributed by atoms with van der Waals surface area (Å²) in [5, 5.41) is 16.5. The van der Waals surface area contributed by atoms with Crippen molar-refractivity contribution in [1.29, 1.82) is 0 Å². The van der Waals surface area contributed by atoms with Crippen LogP contribution in [-0.4, -0.2) is 120 Å². The lowest BCUT2D eigenvalue weighted by Gasteiger charge is -2.39. The van der Waals surface area contributed by atoms with Gasteiger partial charge >= 0.3 is 15.6 Å². The van der Waals surface area contributed by atoms with Gasteiger partial charge in [-0.1, -0.05) is 0 Å². The summed E-state index contributed by atoms with van der Waals surface area (Å²) in [5.74, 6) is -0.401. The van der Waals surface area contributed by atoms with Crippen LogP contribution in [0.4, 0.5) is 5.82 Å². The van der Waals surface area contributed by atoms with E-state index in [9.17, 15) is 28.8 Å². The Morgan fingerprint density at radius 3 is 2.61 bits per heavy atom. The second-order valence-corrected chi connectivity index (χ2v) is 13.3. The number of carbonyl (C=O) groups excluding carboxylic acids is 1. The predicted molar refractivity (Wildman–Crippen MR) is 141 cm³/mol. The number of rotatable bonds is 2. The second-order valence-electron chi connectivity index (χ2n) is 10.5. The third-order valence-corrected chi connectivity index (χ3v) is 9.66. The van der Waals surface area contributed by atoms with E-state index >= 15 is 0 Å². The summed E-state index contributed by atoms with van der Waals surface area (Å²) in [6, 6.07) is -0.958. The van der Waals surface area contributed by atoms with Crippen molar-refractivity contribution in [3.63, 3.8) is 0 Å². The number of nitrogen functional groups attached to an aromatic ring is 1. The highest BCUT2D eigenvalue weighted by molar-refractivity contribution is 7.47. The number of phosphoric ester groups is 2. The van der Waals surface area contributed by atoms with Gasteiger partial charge in [-0.05, 0) is 0 Å². The molecule has 5 aliphatic heterocycles. The fourth-order valence-electron chi connectivity index (χ4n) is 5.70. The van der Waals surface area contributed by atoms with Crippen LogP contribution in [0.25, 0.3) is 11.2 Å². The van der Waals surface area contributed by atoms with Crippen molar-refractivity contribution in [2.45, 2.75) is 67.9 Å². The molecular formula is C20H28N10O12P2. The van der Waals surface area contributed by atoms with Gasteiger partial charge in [-0.2, -0.15) is 0 Å². The SMILES string of the molecule is Nc1ncnc2c1ncn2[C@@H]1O[C@@H]2COP(=O)(O)O[C@@H]3[C@H](O)[C@@H](COP(=O)(O)O[C@@H]1C2)O[C@H]3N1C=NC2C(=O)NC(N)NC21. The molecule has 0 aromatic carbocycles. The minimum absolute atomic E-state index is 0.0880. The largest absolute Gasteiger partial charge is 0.472 e. The molecule has 9 N–H and O–H groups in total. The number of aliphatic hydroxyl groups excluding tert-OH is 1. The normalized spacial score (nSPS) is 44.5. The van der Waals surface area contributed by atoms with Gasteiger partial charge in [-0.15, -0.1) is 0 Å². The Morgan fingerprint density at radius 1 is 1.02 bits per heavy atom. The summed E-state index contributed by atoms with van der Waals surface area (Å²) in [7, 11) is -9.78. The molecule has 0 spiro atoms. The maximum absolute atomic E-state index is 13.1. The Kier molecular flexibility index (Phi) is 7.49. The molecule has 0 radical (unpaired) electrons. The first-order valence-electron chi connectivity index (χ1n) is 13.3. The zero-order chi connectivity index (χ0) is 31.0. The second kappa shape index (κ2) is 11.0. The highest BCUT2D eigenvalue weighted by Gasteiger charge is 2.55. The quantitative estimate of drug-likeness (QED) is 0.156. The summed E-state index contributed by atoms with van der Waals surface area (Å²) in [4.78, 5) is 51.4. The number of amides is 1. The number of fused-ring (bicyclic) bond motifs is 6. The number of anilines is 1. The van der Waals surface area contributed by atoms with Gasteiger partial charge in [-0.3, -0.25) is 43.5 Å². The van der Waals surface area contributed by atoms with Crippen molar-refractivity contribution in [3.8, 4) is 0 Å². The number of nitrogens with two attached hydrogens (primary N) is 2. The van der Waals surface area contributed by atoms with E-state index in [1.807, 2.05) is 0 Å². The summed E-state index contributed by atoms with van der Waals surface area (Å²) in [6.07, 6.45) is -7.42. The number of hydrogen-bond acceptors (Lipinski definition) is 18. The Hall–Kier alpha value is -2.69. The molecule has 2 aromatic heterocycles. The Bertz CT molecular complexity index is 1580. The van der Waals surface area contributed by atoms with Crippen molar-refractivity contribution in [1.82, 2.24) is 35.1 Å². The number of nitrogens with zero attached hydrogens (tertiary/aromatic N) is 6. The fourth-order valence-corrected chi connectivity index (χ4v) is 7.58. The standard InChI is InChI=1S/C20H28N10O12P2/c21-14-10-15(24-4-23-14)29(5-25-10)18-8-1-7(39-18)2-37-44(35,36)42-13-12(31)9(3-38-43(33,34)41-8)40-19(13)30-6-26-11-16(30)27-20(22)28-17(11)32/h4-9,11-13,16,18-20,27,31H,1-3,22H2,(H,28,32)(H,33,34)(H,35,36)(H2,21,23,24)/t7-,8+,9+,11?,12+,13+,16?,18+,19+,20?/m0/s1. The van der Waals surface area contributed by atoms with Gasteiger partial charge in [0.05, 0.1) is 32.0 Å². The third-order valence-electron chi connectivity index (χ3n) is 7.66.